The zero-order valence-corrected chi connectivity index (χ0v) is 18.2. The number of rotatable bonds is 8. The summed E-state index contributed by atoms with van der Waals surface area (Å²) in [6.45, 7) is 3.66. The number of piperidine rings is 1. The van der Waals surface area contributed by atoms with E-state index < -0.39 is 0 Å². The highest BCUT2D eigenvalue weighted by Crippen LogP contribution is 2.37. The SMILES string of the molecule is O=C1CCc2ccccc2N1CCCN1[C@@H]2CC[C@H]1CC(OCCOC1=NOCC1)C2. The molecule has 7 heteroatoms. The summed E-state index contributed by atoms with van der Waals surface area (Å²) in [5.41, 5.74) is 2.42. The number of hydrogen-bond donors (Lipinski definition) is 0. The minimum Gasteiger partial charge on any atom is -0.476 e. The number of aryl methyl sites for hydroxylation is 1. The van der Waals surface area contributed by atoms with E-state index in [2.05, 4.69) is 28.3 Å². The number of carbonyl (C=O) groups excluding carboxylic acids is 1. The van der Waals surface area contributed by atoms with E-state index in [1.165, 1.54) is 18.4 Å². The molecule has 3 atom stereocenters. The van der Waals surface area contributed by atoms with Gasteiger partial charge in [-0.2, -0.15) is 0 Å². The first-order valence-corrected chi connectivity index (χ1v) is 11.8. The van der Waals surface area contributed by atoms with E-state index in [9.17, 15) is 4.79 Å². The molecule has 1 unspecified atom stereocenters. The van der Waals surface area contributed by atoms with Gasteiger partial charge in [-0.1, -0.05) is 23.4 Å². The summed E-state index contributed by atoms with van der Waals surface area (Å²) in [6.07, 6.45) is 8.35. The van der Waals surface area contributed by atoms with E-state index in [0.29, 0.717) is 50.3 Å². The van der Waals surface area contributed by atoms with Crippen LogP contribution in [0.4, 0.5) is 5.69 Å². The normalized spacial score (nSPS) is 27.7. The Morgan fingerprint density at radius 2 is 1.87 bits per heavy atom. The fourth-order valence-electron chi connectivity index (χ4n) is 5.65. The molecule has 0 aliphatic carbocycles. The van der Waals surface area contributed by atoms with Gasteiger partial charge in [0.2, 0.25) is 11.8 Å². The lowest BCUT2D eigenvalue weighted by Crippen LogP contribution is -2.47. The molecule has 2 fully saturated rings. The first kappa shape index (κ1) is 20.8. The first-order valence-electron chi connectivity index (χ1n) is 11.8. The van der Waals surface area contributed by atoms with Crippen LogP contribution in [0.1, 0.15) is 50.5 Å². The summed E-state index contributed by atoms with van der Waals surface area (Å²) < 4.78 is 11.7. The van der Waals surface area contributed by atoms with Gasteiger partial charge in [0.05, 0.1) is 19.1 Å². The third-order valence-electron chi connectivity index (χ3n) is 7.11. The van der Waals surface area contributed by atoms with Crippen LogP contribution in [0.25, 0.3) is 0 Å². The Labute approximate surface area is 184 Å². The first-order chi connectivity index (χ1) is 15.3. The van der Waals surface area contributed by atoms with E-state index >= 15 is 0 Å². The van der Waals surface area contributed by atoms with Crippen LogP contribution in [0.3, 0.4) is 0 Å². The number of anilines is 1. The second-order valence-corrected chi connectivity index (χ2v) is 9.03. The predicted molar refractivity (Wildman–Crippen MR) is 118 cm³/mol. The van der Waals surface area contributed by atoms with Gasteiger partial charge in [0, 0.05) is 37.3 Å². The zero-order chi connectivity index (χ0) is 21.0. The summed E-state index contributed by atoms with van der Waals surface area (Å²) in [6, 6.07) is 9.58. The van der Waals surface area contributed by atoms with Crippen molar-refractivity contribution in [3.63, 3.8) is 0 Å². The molecule has 5 rings (SSSR count). The van der Waals surface area contributed by atoms with Crippen molar-refractivity contribution in [1.29, 1.82) is 0 Å². The minimum atomic E-state index is 0.270. The van der Waals surface area contributed by atoms with Crippen LogP contribution in [0, 0.1) is 0 Å². The molecule has 4 aliphatic heterocycles. The Morgan fingerprint density at radius 3 is 2.68 bits per heavy atom. The molecule has 4 heterocycles. The largest absolute Gasteiger partial charge is 0.476 e. The van der Waals surface area contributed by atoms with Gasteiger partial charge in [-0.3, -0.25) is 9.69 Å². The highest BCUT2D eigenvalue weighted by atomic mass is 16.7. The molecule has 168 valence electrons. The average Bonchev–Trinajstić information content (AvgIpc) is 3.38. The molecule has 1 amide bonds. The van der Waals surface area contributed by atoms with Crippen LogP contribution in [0.15, 0.2) is 29.4 Å². The third kappa shape index (κ3) is 4.72. The highest BCUT2D eigenvalue weighted by molar-refractivity contribution is 5.96. The number of nitrogens with zero attached hydrogens (tertiary/aromatic N) is 3. The molecular weight excluding hydrogens is 394 g/mol. The maximum Gasteiger partial charge on any atom is 0.229 e. The molecule has 0 aromatic heterocycles. The zero-order valence-electron chi connectivity index (χ0n) is 18.2. The van der Waals surface area contributed by atoms with Crippen molar-refractivity contribution in [3.8, 4) is 0 Å². The lowest BCUT2D eigenvalue weighted by Gasteiger charge is -2.39. The predicted octanol–water partition coefficient (Wildman–Crippen LogP) is 3.12. The molecular formula is C24H33N3O4. The number of para-hydroxylation sites is 1. The minimum absolute atomic E-state index is 0.270. The number of oxime groups is 1. The van der Waals surface area contributed by atoms with Gasteiger partial charge in [-0.15, -0.1) is 0 Å². The van der Waals surface area contributed by atoms with Crippen molar-refractivity contribution in [1.82, 2.24) is 4.90 Å². The number of fused-ring (bicyclic) bond motifs is 3. The van der Waals surface area contributed by atoms with E-state index in [1.807, 2.05) is 11.0 Å². The average molecular weight is 428 g/mol. The number of hydrogen-bond acceptors (Lipinski definition) is 6. The van der Waals surface area contributed by atoms with Gasteiger partial charge >= 0.3 is 0 Å². The summed E-state index contributed by atoms with van der Waals surface area (Å²) in [5, 5.41) is 3.85. The summed E-state index contributed by atoms with van der Waals surface area (Å²) in [7, 11) is 0. The van der Waals surface area contributed by atoms with Crippen LogP contribution in [0.2, 0.25) is 0 Å². The van der Waals surface area contributed by atoms with Crippen molar-refractivity contribution in [2.75, 3.05) is 37.8 Å². The molecule has 0 spiro atoms. The molecule has 7 nitrogen and oxygen atoms in total. The molecule has 0 radical (unpaired) electrons. The molecule has 0 N–H and O–H groups in total. The van der Waals surface area contributed by atoms with Gasteiger partial charge in [-0.25, -0.2) is 0 Å². The van der Waals surface area contributed by atoms with Crippen molar-refractivity contribution in [3.05, 3.63) is 29.8 Å². The Balaban J connectivity index is 1.06. The van der Waals surface area contributed by atoms with Crippen molar-refractivity contribution in [2.45, 2.75) is 69.6 Å². The second-order valence-electron chi connectivity index (χ2n) is 9.03. The lowest BCUT2D eigenvalue weighted by molar-refractivity contribution is -0.118. The van der Waals surface area contributed by atoms with Crippen LogP contribution in [-0.2, 0) is 25.5 Å². The maximum absolute atomic E-state index is 12.5. The Morgan fingerprint density at radius 1 is 1.03 bits per heavy atom. The molecule has 31 heavy (non-hydrogen) atoms. The number of amides is 1. The van der Waals surface area contributed by atoms with Gasteiger partial charge in [0.25, 0.3) is 0 Å². The van der Waals surface area contributed by atoms with Gasteiger partial charge in [-0.05, 0) is 50.2 Å². The molecule has 1 aromatic rings. The van der Waals surface area contributed by atoms with Crippen LogP contribution >= 0.6 is 0 Å². The topological polar surface area (TPSA) is 63.6 Å². The number of carbonyl (C=O) groups is 1. The lowest BCUT2D eigenvalue weighted by atomic mass is 9.99. The molecule has 1 aromatic carbocycles. The van der Waals surface area contributed by atoms with E-state index in [4.69, 9.17) is 14.3 Å². The number of ether oxygens (including phenoxy) is 2. The second kappa shape index (κ2) is 9.57. The molecule has 4 aliphatic rings. The highest BCUT2D eigenvalue weighted by Gasteiger charge is 2.40. The number of benzene rings is 1. The fraction of sp³-hybridized carbons (Fsp3) is 0.667. The van der Waals surface area contributed by atoms with E-state index in [1.54, 1.807) is 0 Å². The fourth-order valence-corrected chi connectivity index (χ4v) is 5.65. The summed E-state index contributed by atoms with van der Waals surface area (Å²) in [5.74, 6) is 0.958. The Kier molecular flexibility index (Phi) is 6.41. The van der Waals surface area contributed by atoms with Crippen molar-refractivity contribution in [2.24, 2.45) is 5.16 Å². The summed E-state index contributed by atoms with van der Waals surface area (Å²) >= 11 is 0. The molecule has 2 bridgehead atoms. The monoisotopic (exact) mass is 427 g/mol. The van der Waals surface area contributed by atoms with Gasteiger partial charge < -0.3 is 19.2 Å². The molecule has 0 saturated carbocycles. The van der Waals surface area contributed by atoms with Crippen molar-refractivity contribution >= 4 is 17.5 Å². The Hall–Kier alpha value is -2.12. The van der Waals surface area contributed by atoms with Crippen LogP contribution < -0.4 is 4.90 Å². The van der Waals surface area contributed by atoms with Crippen LogP contribution in [0.5, 0.6) is 0 Å². The Bertz CT molecular complexity index is 800. The van der Waals surface area contributed by atoms with Crippen molar-refractivity contribution < 1.29 is 19.1 Å². The maximum atomic E-state index is 12.5. The standard InChI is InChI=1S/C24H33N3O4/c28-24-9-6-18-4-1-2-5-22(18)27(24)12-3-11-26-19-7-8-20(26)17-21(16-19)29-14-15-30-23-10-13-31-25-23/h1-2,4-5,19-21H,3,6-17H2/t19-,20+,21?. The van der Waals surface area contributed by atoms with E-state index in [0.717, 1.165) is 50.9 Å². The quantitative estimate of drug-likeness (QED) is 0.597. The summed E-state index contributed by atoms with van der Waals surface area (Å²) in [4.78, 5) is 22.1. The third-order valence-corrected chi connectivity index (χ3v) is 7.11. The van der Waals surface area contributed by atoms with Gasteiger partial charge in [0.15, 0.2) is 0 Å². The molecule has 2 saturated heterocycles. The van der Waals surface area contributed by atoms with E-state index in [-0.39, 0.29) is 5.91 Å². The van der Waals surface area contributed by atoms with Gasteiger partial charge in [0.1, 0.15) is 13.2 Å². The van der Waals surface area contributed by atoms with Crippen LogP contribution in [-0.4, -0.2) is 67.8 Å². The smallest absolute Gasteiger partial charge is 0.229 e.